The van der Waals surface area contributed by atoms with Crippen molar-refractivity contribution in [3.8, 4) is 10.8 Å². The Morgan fingerprint density at radius 3 is 2.88 bits per heavy atom. The second-order valence-electron chi connectivity index (χ2n) is 5.90. The number of nitrogens with one attached hydrogen (secondary N) is 1. The smallest absolute Gasteiger partial charge is 0.237 e. The van der Waals surface area contributed by atoms with Crippen LogP contribution in [0.3, 0.4) is 0 Å². The van der Waals surface area contributed by atoms with Gasteiger partial charge in [-0.25, -0.2) is 4.98 Å². The normalized spacial score (nSPS) is 17.9. The van der Waals surface area contributed by atoms with Crippen LogP contribution in [0.15, 0.2) is 33.7 Å². The molecule has 1 fully saturated rings. The van der Waals surface area contributed by atoms with Crippen molar-refractivity contribution in [1.29, 1.82) is 0 Å². The van der Waals surface area contributed by atoms with E-state index in [2.05, 4.69) is 15.2 Å². The minimum atomic E-state index is -0.316. The zero-order valence-corrected chi connectivity index (χ0v) is 13.9. The molecular weight excluding hydrogens is 326 g/mol. The Morgan fingerprint density at radius 2 is 2.12 bits per heavy atom. The maximum absolute atomic E-state index is 12.6. The summed E-state index contributed by atoms with van der Waals surface area (Å²) in [6, 6.07) is 3.72. The van der Waals surface area contributed by atoms with Gasteiger partial charge >= 0.3 is 0 Å². The number of nitrogens with zero attached hydrogens (tertiary/aromatic N) is 2. The summed E-state index contributed by atoms with van der Waals surface area (Å²) in [5, 5.41) is 4.98. The van der Waals surface area contributed by atoms with E-state index >= 15 is 0 Å². The third kappa shape index (κ3) is 2.81. The minimum absolute atomic E-state index is 0.0356. The van der Waals surface area contributed by atoms with Crippen LogP contribution in [0.4, 0.5) is 0 Å². The first kappa shape index (κ1) is 15.3. The van der Waals surface area contributed by atoms with Crippen LogP contribution in [0.1, 0.15) is 33.9 Å². The lowest BCUT2D eigenvalue weighted by Gasteiger charge is -2.17. The predicted octanol–water partition coefficient (Wildman–Crippen LogP) is 2.35. The minimum Gasteiger partial charge on any atom is -0.431 e. The molecule has 0 atom stereocenters. The number of oxazole rings is 1. The van der Waals surface area contributed by atoms with Gasteiger partial charge in [-0.05, 0) is 37.4 Å². The number of thiophene rings is 1. The van der Waals surface area contributed by atoms with E-state index in [1.54, 1.807) is 0 Å². The lowest BCUT2D eigenvalue weighted by molar-refractivity contribution is 0.0960. The van der Waals surface area contributed by atoms with Crippen molar-refractivity contribution in [3.05, 3.63) is 40.7 Å². The molecule has 6 nitrogen and oxygen atoms in total. The second-order valence-corrected chi connectivity index (χ2v) is 6.85. The van der Waals surface area contributed by atoms with E-state index in [4.69, 9.17) is 4.42 Å². The van der Waals surface area contributed by atoms with Crippen LogP contribution in [0, 0.1) is 0 Å². The highest BCUT2D eigenvalue weighted by molar-refractivity contribution is 7.13. The molecule has 2 aromatic heterocycles. The highest BCUT2D eigenvalue weighted by atomic mass is 32.1. The Balaban J connectivity index is 1.48. The molecule has 2 aliphatic rings. The fourth-order valence-corrected chi connectivity index (χ4v) is 3.67. The molecule has 2 aromatic rings. The van der Waals surface area contributed by atoms with Gasteiger partial charge in [-0.1, -0.05) is 6.07 Å². The molecule has 0 saturated carbocycles. The molecule has 1 N–H and O–H groups in total. The highest BCUT2D eigenvalue weighted by Crippen LogP contribution is 2.29. The summed E-state index contributed by atoms with van der Waals surface area (Å²) in [5.74, 6) is -0.238. The Bertz CT molecular complexity index is 801. The molecule has 0 unspecified atom stereocenters. The molecule has 4 rings (SSSR count). The molecule has 3 heterocycles. The number of carbonyl (C=O) groups is 2. The highest BCUT2D eigenvalue weighted by Gasteiger charge is 2.32. The fourth-order valence-electron chi connectivity index (χ4n) is 3.02. The van der Waals surface area contributed by atoms with Crippen molar-refractivity contribution in [2.75, 3.05) is 26.2 Å². The van der Waals surface area contributed by atoms with Crippen LogP contribution in [-0.4, -0.2) is 47.6 Å². The van der Waals surface area contributed by atoms with Crippen molar-refractivity contribution in [2.24, 2.45) is 0 Å². The molecule has 7 heteroatoms. The summed E-state index contributed by atoms with van der Waals surface area (Å²) >= 11 is 1.45. The van der Waals surface area contributed by atoms with E-state index in [1.807, 2.05) is 17.5 Å². The number of rotatable bonds is 5. The van der Waals surface area contributed by atoms with Crippen LogP contribution < -0.4 is 5.32 Å². The van der Waals surface area contributed by atoms with Crippen LogP contribution in [-0.2, 0) is 0 Å². The van der Waals surface area contributed by atoms with Gasteiger partial charge in [0.25, 0.3) is 0 Å². The number of aromatic nitrogens is 1. The number of hydrogen-bond donors (Lipinski definition) is 1. The van der Waals surface area contributed by atoms with Crippen LogP contribution >= 0.6 is 11.3 Å². The van der Waals surface area contributed by atoms with Gasteiger partial charge in [-0.2, -0.15) is 0 Å². The summed E-state index contributed by atoms with van der Waals surface area (Å²) in [4.78, 5) is 32.2. The van der Waals surface area contributed by atoms with E-state index in [1.165, 1.54) is 30.3 Å². The molecule has 0 aromatic carbocycles. The summed E-state index contributed by atoms with van der Waals surface area (Å²) in [5.41, 5.74) is 0.410. The first-order valence-corrected chi connectivity index (χ1v) is 8.92. The van der Waals surface area contributed by atoms with Crippen molar-refractivity contribution in [3.63, 3.8) is 0 Å². The quantitative estimate of drug-likeness (QED) is 0.898. The van der Waals surface area contributed by atoms with E-state index in [9.17, 15) is 9.59 Å². The van der Waals surface area contributed by atoms with Crippen molar-refractivity contribution in [1.82, 2.24) is 15.2 Å². The number of fused-ring (bicyclic) bond motifs is 1. The molecule has 0 radical (unpaired) electrons. The second kappa shape index (κ2) is 6.33. The van der Waals surface area contributed by atoms with Gasteiger partial charge in [0, 0.05) is 19.2 Å². The summed E-state index contributed by atoms with van der Waals surface area (Å²) < 4.78 is 5.52. The van der Waals surface area contributed by atoms with Gasteiger partial charge in [-0.15, -0.1) is 11.3 Å². The number of carbonyl (C=O) groups excluding carboxylic acids is 2. The van der Waals surface area contributed by atoms with Gasteiger partial charge < -0.3 is 14.6 Å². The van der Waals surface area contributed by atoms with Gasteiger partial charge in [0.1, 0.15) is 0 Å². The molecule has 124 valence electrons. The molecule has 1 saturated heterocycles. The number of allylic oxidation sites excluding steroid dienone is 2. The van der Waals surface area contributed by atoms with Gasteiger partial charge in [-0.3, -0.25) is 9.59 Å². The van der Waals surface area contributed by atoms with E-state index < -0.39 is 0 Å². The average molecular weight is 343 g/mol. The van der Waals surface area contributed by atoms with Gasteiger partial charge in [0.05, 0.1) is 10.6 Å². The summed E-state index contributed by atoms with van der Waals surface area (Å²) in [6.07, 6.45) is 3.78. The monoisotopic (exact) mass is 343 g/mol. The Labute approximate surface area is 143 Å². The molecule has 0 amide bonds. The topological polar surface area (TPSA) is 75.4 Å². The summed E-state index contributed by atoms with van der Waals surface area (Å²) in [7, 11) is 0. The van der Waals surface area contributed by atoms with Crippen molar-refractivity contribution in [2.45, 2.75) is 12.8 Å². The number of ketones is 2. The summed E-state index contributed by atoms with van der Waals surface area (Å²) in [6.45, 7) is 3.71. The van der Waals surface area contributed by atoms with E-state index in [-0.39, 0.29) is 23.0 Å². The first-order valence-electron chi connectivity index (χ1n) is 8.04. The average Bonchev–Trinajstić information content (AvgIpc) is 3.31. The molecule has 24 heavy (non-hydrogen) atoms. The Hall–Kier alpha value is -2.25. The zero-order valence-electron chi connectivity index (χ0n) is 13.1. The van der Waals surface area contributed by atoms with Crippen molar-refractivity contribution < 1.29 is 14.0 Å². The van der Waals surface area contributed by atoms with Gasteiger partial charge in [0.2, 0.25) is 23.2 Å². The third-order valence-corrected chi connectivity index (χ3v) is 5.12. The van der Waals surface area contributed by atoms with Crippen molar-refractivity contribution >= 4 is 22.9 Å². The lowest BCUT2D eigenvalue weighted by atomic mass is 10.0. The molecule has 0 spiro atoms. The maximum atomic E-state index is 12.6. The third-order valence-electron chi connectivity index (χ3n) is 4.26. The predicted molar refractivity (Wildman–Crippen MR) is 90.2 cm³/mol. The number of likely N-dealkylation sites (tertiary alicyclic amines) is 1. The molecule has 0 bridgehead atoms. The first-order chi connectivity index (χ1) is 11.7. The van der Waals surface area contributed by atoms with E-state index in [0.29, 0.717) is 18.1 Å². The Morgan fingerprint density at radius 1 is 1.29 bits per heavy atom. The fraction of sp³-hybridized carbons (Fsp3) is 0.353. The largest absolute Gasteiger partial charge is 0.431 e. The lowest BCUT2D eigenvalue weighted by Crippen LogP contribution is -2.33. The SMILES string of the molecule is O=C1C(NCCN2CCCC2)=CC(=O)c2oc(-c3cccs3)nc21. The Kier molecular flexibility index (Phi) is 4.03. The van der Waals surface area contributed by atoms with Crippen LogP contribution in [0.5, 0.6) is 0 Å². The molecular formula is C17H17N3O3S. The maximum Gasteiger partial charge on any atom is 0.237 e. The van der Waals surface area contributed by atoms with Gasteiger partial charge in [0.15, 0.2) is 5.69 Å². The standard InChI is InChI=1S/C17H17N3O3S/c21-12-10-11(18-5-8-20-6-1-2-7-20)15(22)14-16(12)23-17(19-14)13-4-3-9-24-13/h3-4,9-10,18H,1-2,5-8H2. The molecule has 1 aliphatic carbocycles. The molecule has 1 aliphatic heterocycles. The number of hydrogen-bond acceptors (Lipinski definition) is 7. The van der Waals surface area contributed by atoms with Crippen LogP contribution in [0.2, 0.25) is 0 Å². The zero-order chi connectivity index (χ0) is 16.5. The number of Topliss-reactive ketones (excluding diaryl/α,β-unsaturated/α-hetero) is 1. The van der Waals surface area contributed by atoms with E-state index in [0.717, 1.165) is 24.5 Å². The van der Waals surface area contributed by atoms with Crippen LogP contribution in [0.25, 0.3) is 10.8 Å².